The summed E-state index contributed by atoms with van der Waals surface area (Å²) in [6, 6.07) is 0. The molecule has 1 aromatic rings. The van der Waals surface area contributed by atoms with Crippen molar-refractivity contribution in [2.45, 2.75) is 25.4 Å². The molecule has 0 radical (unpaired) electrons. The smallest absolute Gasteiger partial charge is 0.278 e. The van der Waals surface area contributed by atoms with Crippen molar-refractivity contribution >= 4 is 5.91 Å². The lowest BCUT2D eigenvalue weighted by Gasteiger charge is -2.26. The van der Waals surface area contributed by atoms with Crippen molar-refractivity contribution in [2.24, 2.45) is 5.92 Å². The van der Waals surface area contributed by atoms with Gasteiger partial charge in [0.25, 0.3) is 11.8 Å². The van der Waals surface area contributed by atoms with Crippen LogP contribution in [-0.4, -0.2) is 60.3 Å². The molecule has 2 aliphatic heterocycles. The Labute approximate surface area is 129 Å². The summed E-state index contributed by atoms with van der Waals surface area (Å²) in [6.07, 6.45) is 5.50. The molecule has 0 spiro atoms. The number of hydrogen-bond acceptors (Lipinski definition) is 6. The van der Waals surface area contributed by atoms with E-state index in [1.165, 1.54) is 7.11 Å². The number of likely N-dealkylation sites (tertiary alicyclic amines) is 1. The molecule has 7 heteroatoms. The third-order valence-electron chi connectivity index (χ3n) is 4.13. The summed E-state index contributed by atoms with van der Waals surface area (Å²) in [6.45, 7) is 2.68. The molecule has 0 aliphatic carbocycles. The number of carbonyl (C=O) groups is 1. The number of rotatable bonds is 4. The van der Waals surface area contributed by atoms with Crippen LogP contribution in [0.2, 0.25) is 0 Å². The zero-order valence-electron chi connectivity index (χ0n) is 12.7. The lowest BCUT2D eigenvalue weighted by Crippen LogP contribution is -2.38. The van der Waals surface area contributed by atoms with Crippen LogP contribution in [0, 0.1) is 5.92 Å². The summed E-state index contributed by atoms with van der Waals surface area (Å²) in [7, 11) is 1.53. The number of ether oxygens (including phenoxy) is 3. The molecule has 1 atom stereocenters. The lowest BCUT2D eigenvalue weighted by atomic mass is 9.99. The largest absolute Gasteiger partial charge is 0.477 e. The third kappa shape index (κ3) is 3.30. The summed E-state index contributed by atoms with van der Waals surface area (Å²) < 4.78 is 16.3. The molecule has 7 nitrogen and oxygen atoms in total. The average molecular weight is 307 g/mol. The van der Waals surface area contributed by atoms with E-state index in [9.17, 15) is 4.79 Å². The molecule has 1 unspecified atom stereocenters. The predicted octanol–water partition coefficient (Wildman–Crippen LogP) is 0.891. The molecule has 1 amide bonds. The second kappa shape index (κ2) is 6.91. The van der Waals surface area contributed by atoms with E-state index in [-0.39, 0.29) is 17.9 Å². The minimum absolute atomic E-state index is 0.0607. The van der Waals surface area contributed by atoms with Gasteiger partial charge in [0.05, 0.1) is 13.7 Å². The molecule has 2 fully saturated rings. The molecule has 0 bridgehead atoms. The third-order valence-corrected chi connectivity index (χ3v) is 4.13. The Hall–Kier alpha value is -1.89. The minimum Gasteiger partial charge on any atom is -0.477 e. The summed E-state index contributed by atoms with van der Waals surface area (Å²) in [5, 5.41) is 0. The van der Waals surface area contributed by atoms with E-state index in [1.54, 1.807) is 12.4 Å². The van der Waals surface area contributed by atoms with Gasteiger partial charge in [0.1, 0.15) is 6.10 Å². The zero-order valence-corrected chi connectivity index (χ0v) is 12.7. The summed E-state index contributed by atoms with van der Waals surface area (Å²) in [5.41, 5.74) is 0. The Kier molecular flexibility index (Phi) is 4.72. The maximum absolute atomic E-state index is 12.5. The molecule has 0 saturated carbocycles. The fourth-order valence-electron chi connectivity index (χ4n) is 2.92. The molecular weight excluding hydrogens is 286 g/mol. The van der Waals surface area contributed by atoms with E-state index in [4.69, 9.17) is 14.2 Å². The SMILES string of the molecule is COc1nccnc1OC1CCN(C(=O)C2CCOCC2)C1. The number of amides is 1. The fraction of sp³-hybridized carbons (Fsp3) is 0.667. The first kappa shape index (κ1) is 15.0. The van der Waals surface area contributed by atoms with Gasteiger partial charge in [-0.1, -0.05) is 0 Å². The van der Waals surface area contributed by atoms with Gasteiger partial charge >= 0.3 is 0 Å². The van der Waals surface area contributed by atoms with Crippen molar-refractivity contribution in [1.82, 2.24) is 14.9 Å². The summed E-state index contributed by atoms with van der Waals surface area (Å²) in [5.74, 6) is 1.08. The average Bonchev–Trinajstić information content (AvgIpc) is 3.04. The van der Waals surface area contributed by atoms with Gasteiger partial charge in [0, 0.05) is 44.5 Å². The molecule has 2 aliphatic rings. The van der Waals surface area contributed by atoms with Crippen molar-refractivity contribution < 1.29 is 19.0 Å². The van der Waals surface area contributed by atoms with Gasteiger partial charge in [0.15, 0.2) is 0 Å². The van der Waals surface area contributed by atoms with Gasteiger partial charge < -0.3 is 19.1 Å². The maximum Gasteiger partial charge on any atom is 0.278 e. The monoisotopic (exact) mass is 307 g/mol. The van der Waals surface area contributed by atoms with Gasteiger partial charge in [-0.2, -0.15) is 0 Å². The van der Waals surface area contributed by atoms with Crippen LogP contribution in [0.5, 0.6) is 11.8 Å². The van der Waals surface area contributed by atoms with Crippen molar-refractivity contribution in [3.8, 4) is 11.8 Å². The standard InChI is InChI=1S/C15H21N3O4/c1-20-13-14(17-6-5-16-13)22-12-2-7-18(10-12)15(19)11-3-8-21-9-4-11/h5-6,11-12H,2-4,7-10H2,1H3. The van der Waals surface area contributed by atoms with Crippen LogP contribution in [-0.2, 0) is 9.53 Å². The van der Waals surface area contributed by atoms with Crippen LogP contribution < -0.4 is 9.47 Å². The maximum atomic E-state index is 12.5. The number of hydrogen-bond donors (Lipinski definition) is 0. The molecule has 0 N–H and O–H groups in total. The molecule has 120 valence electrons. The van der Waals surface area contributed by atoms with E-state index in [2.05, 4.69) is 9.97 Å². The van der Waals surface area contributed by atoms with Gasteiger partial charge in [-0.05, 0) is 12.8 Å². The van der Waals surface area contributed by atoms with E-state index in [1.807, 2.05) is 4.90 Å². The minimum atomic E-state index is -0.0607. The summed E-state index contributed by atoms with van der Waals surface area (Å²) >= 11 is 0. The van der Waals surface area contributed by atoms with Gasteiger partial charge in [-0.25, -0.2) is 9.97 Å². The molecule has 22 heavy (non-hydrogen) atoms. The quantitative estimate of drug-likeness (QED) is 0.822. The number of nitrogens with zero attached hydrogens (tertiary/aromatic N) is 3. The van der Waals surface area contributed by atoms with Crippen LogP contribution in [0.1, 0.15) is 19.3 Å². The van der Waals surface area contributed by atoms with Gasteiger partial charge in [-0.15, -0.1) is 0 Å². The van der Waals surface area contributed by atoms with E-state index in [0.29, 0.717) is 31.5 Å². The molecule has 3 heterocycles. The van der Waals surface area contributed by atoms with Crippen LogP contribution in [0.4, 0.5) is 0 Å². The second-order valence-corrected chi connectivity index (χ2v) is 5.57. The molecule has 1 aromatic heterocycles. The Morgan fingerprint density at radius 3 is 2.68 bits per heavy atom. The van der Waals surface area contributed by atoms with E-state index in [0.717, 1.165) is 25.8 Å². The first-order valence-corrected chi connectivity index (χ1v) is 7.66. The van der Waals surface area contributed by atoms with Crippen molar-refractivity contribution in [2.75, 3.05) is 33.4 Å². The van der Waals surface area contributed by atoms with Crippen LogP contribution in [0.15, 0.2) is 12.4 Å². The number of aromatic nitrogens is 2. The highest BCUT2D eigenvalue weighted by atomic mass is 16.5. The lowest BCUT2D eigenvalue weighted by molar-refractivity contribution is -0.137. The van der Waals surface area contributed by atoms with Gasteiger partial charge in [0.2, 0.25) is 5.91 Å². The topological polar surface area (TPSA) is 73.8 Å². The molecular formula is C15H21N3O4. The van der Waals surface area contributed by atoms with Crippen molar-refractivity contribution in [3.05, 3.63) is 12.4 Å². The number of carbonyl (C=O) groups excluding carboxylic acids is 1. The van der Waals surface area contributed by atoms with Crippen LogP contribution in [0.3, 0.4) is 0 Å². The van der Waals surface area contributed by atoms with E-state index >= 15 is 0 Å². The Bertz CT molecular complexity index is 519. The zero-order chi connectivity index (χ0) is 15.4. The van der Waals surface area contributed by atoms with E-state index < -0.39 is 0 Å². The highest BCUT2D eigenvalue weighted by Gasteiger charge is 2.33. The first-order chi connectivity index (χ1) is 10.8. The second-order valence-electron chi connectivity index (χ2n) is 5.57. The molecule has 0 aromatic carbocycles. The number of methoxy groups -OCH3 is 1. The van der Waals surface area contributed by atoms with Crippen LogP contribution >= 0.6 is 0 Å². The first-order valence-electron chi connectivity index (χ1n) is 7.66. The fourth-order valence-corrected chi connectivity index (χ4v) is 2.92. The van der Waals surface area contributed by atoms with Gasteiger partial charge in [-0.3, -0.25) is 4.79 Å². The predicted molar refractivity (Wildman–Crippen MR) is 77.7 cm³/mol. The Balaban J connectivity index is 1.56. The highest BCUT2D eigenvalue weighted by Crippen LogP contribution is 2.25. The molecule has 3 rings (SSSR count). The summed E-state index contributed by atoms with van der Waals surface area (Å²) in [4.78, 5) is 22.6. The van der Waals surface area contributed by atoms with Crippen LogP contribution in [0.25, 0.3) is 0 Å². The Morgan fingerprint density at radius 2 is 1.95 bits per heavy atom. The van der Waals surface area contributed by atoms with Crippen molar-refractivity contribution in [3.63, 3.8) is 0 Å². The normalized spacial score (nSPS) is 22.6. The highest BCUT2D eigenvalue weighted by molar-refractivity contribution is 5.79. The Morgan fingerprint density at radius 1 is 1.23 bits per heavy atom. The van der Waals surface area contributed by atoms with Crippen molar-refractivity contribution in [1.29, 1.82) is 0 Å². The molecule has 2 saturated heterocycles.